The molecule has 0 spiro atoms. The monoisotopic (exact) mass is 278 g/mol. The van der Waals surface area contributed by atoms with Gasteiger partial charge in [0.2, 0.25) is 5.78 Å². The molecule has 0 bridgehead atoms. The fourth-order valence-electron chi connectivity index (χ4n) is 3.36. The van der Waals surface area contributed by atoms with Gasteiger partial charge in [0.1, 0.15) is 0 Å². The molecule has 3 nitrogen and oxygen atoms in total. The number of aryl methyl sites for hydroxylation is 2. The van der Waals surface area contributed by atoms with Crippen LogP contribution in [0.3, 0.4) is 0 Å². The highest BCUT2D eigenvalue weighted by Crippen LogP contribution is 2.54. The quantitative estimate of drug-likeness (QED) is 0.753. The highest BCUT2D eigenvalue weighted by atomic mass is 16.6. The van der Waals surface area contributed by atoms with Gasteiger partial charge >= 0.3 is 0 Å². The first kappa shape index (κ1) is 12.5. The number of fused-ring (bicyclic) bond motifs is 2. The lowest BCUT2D eigenvalue weighted by atomic mass is 9.77. The molecule has 21 heavy (non-hydrogen) atoms. The smallest absolute Gasteiger partial charge is 0.203 e. The topological polar surface area (TPSA) is 46.7 Å². The minimum atomic E-state index is -1.09. The normalized spacial score (nSPS) is 26.3. The molecule has 2 aliphatic rings. The lowest BCUT2D eigenvalue weighted by molar-refractivity contribution is 0.0858. The van der Waals surface area contributed by atoms with Crippen LogP contribution in [0.15, 0.2) is 42.5 Å². The average molecular weight is 278 g/mol. The fourth-order valence-corrected chi connectivity index (χ4v) is 3.36. The Hall–Kier alpha value is -2.26. The number of hydrogen-bond donors (Lipinski definition) is 0. The number of ketones is 2. The van der Waals surface area contributed by atoms with E-state index in [1.807, 2.05) is 32.0 Å². The van der Waals surface area contributed by atoms with Gasteiger partial charge in [-0.25, -0.2) is 0 Å². The predicted octanol–water partition coefficient (Wildman–Crippen LogP) is 2.98. The van der Waals surface area contributed by atoms with E-state index >= 15 is 0 Å². The summed E-state index contributed by atoms with van der Waals surface area (Å²) < 4.78 is 5.68. The van der Waals surface area contributed by atoms with E-state index in [0.29, 0.717) is 11.1 Å². The largest absolute Gasteiger partial charge is 0.343 e. The summed E-state index contributed by atoms with van der Waals surface area (Å²) in [6.07, 6.45) is -0.665. The van der Waals surface area contributed by atoms with Gasteiger partial charge in [-0.05, 0) is 25.0 Å². The van der Waals surface area contributed by atoms with Crippen LogP contribution in [0.5, 0.6) is 0 Å². The van der Waals surface area contributed by atoms with E-state index in [4.69, 9.17) is 4.74 Å². The Labute approximate surface area is 122 Å². The van der Waals surface area contributed by atoms with Crippen molar-refractivity contribution in [2.24, 2.45) is 0 Å². The molecule has 0 amide bonds. The van der Waals surface area contributed by atoms with Crippen molar-refractivity contribution < 1.29 is 14.3 Å². The molecule has 0 radical (unpaired) electrons. The molecule has 0 aromatic heterocycles. The van der Waals surface area contributed by atoms with Crippen LogP contribution in [0.25, 0.3) is 0 Å². The molecule has 3 heteroatoms. The van der Waals surface area contributed by atoms with Crippen molar-refractivity contribution in [2.75, 3.05) is 0 Å². The average Bonchev–Trinajstić information content (AvgIpc) is 3.22. The van der Waals surface area contributed by atoms with Gasteiger partial charge in [-0.15, -0.1) is 0 Å². The predicted molar refractivity (Wildman–Crippen MR) is 77.6 cm³/mol. The summed E-state index contributed by atoms with van der Waals surface area (Å²) in [6, 6.07) is 12.8. The van der Waals surface area contributed by atoms with E-state index in [1.165, 1.54) is 0 Å². The summed E-state index contributed by atoms with van der Waals surface area (Å²) in [4.78, 5) is 25.4. The van der Waals surface area contributed by atoms with Crippen LogP contribution < -0.4 is 0 Å². The molecule has 1 saturated heterocycles. The van der Waals surface area contributed by atoms with Crippen molar-refractivity contribution in [3.05, 3.63) is 70.3 Å². The first-order valence-corrected chi connectivity index (χ1v) is 6.99. The number of Topliss-reactive ketones (excluding diaryl/α,β-unsaturated/α-hetero) is 2. The van der Waals surface area contributed by atoms with Crippen LogP contribution in [0.1, 0.15) is 37.4 Å². The Balaban J connectivity index is 1.92. The van der Waals surface area contributed by atoms with Gasteiger partial charge < -0.3 is 4.74 Å². The summed E-state index contributed by atoms with van der Waals surface area (Å²) in [6.45, 7) is 3.96. The number of carbonyl (C=O) groups is 2. The Bertz CT molecular complexity index is 806. The molecule has 2 aromatic carbocycles. The highest BCUT2D eigenvalue weighted by Gasteiger charge is 2.70. The molecule has 0 saturated carbocycles. The molecule has 2 atom stereocenters. The second-order valence-electron chi connectivity index (χ2n) is 5.79. The van der Waals surface area contributed by atoms with Gasteiger partial charge in [0.25, 0.3) is 0 Å². The maximum atomic E-state index is 12.9. The number of benzene rings is 2. The minimum Gasteiger partial charge on any atom is -0.343 e. The lowest BCUT2D eigenvalue weighted by Crippen LogP contribution is -2.35. The summed E-state index contributed by atoms with van der Waals surface area (Å²) in [5.41, 5.74) is 2.77. The minimum absolute atomic E-state index is 0.0924. The molecule has 1 aliphatic heterocycles. The molecular weight excluding hydrogens is 264 g/mol. The van der Waals surface area contributed by atoms with Gasteiger partial charge in [-0.2, -0.15) is 0 Å². The fraction of sp³-hybridized carbons (Fsp3) is 0.222. The Morgan fingerprint density at radius 1 is 1.00 bits per heavy atom. The highest BCUT2D eigenvalue weighted by molar-refractivity contribution is 6.23. The SMILES string of the molecule is Cc1ccc(C23OC2C(=O)c2ccccc2C3=O)c(C)c1. The van der Waals surface area contributed by atoms with Crippen molar-refractivity contribution in [2.45, 2.75) is 25.6 Å². The van der Waals surface area contributed by atoms with Crippen LogP contribution in [-0.2, 0) is 10.3 Å². The number of hydrogen-bond acceptors (Lipinski definition) is 3. The zero-order chi connectivity index (χ0) is 14.8. The van der Waals surface area contributed by atoms with E-state index in [0.717, 1.165) is 16.7 Å². The van der Waals surface area contributed by atoms with Crippen LogP contribution in [-0.4, -0.2) is 17.7 Å². The molecule has 4 rings (SSSR count). The van der Waals surface area contributed by atoms with E-state index in [9.17, 15) is 9.59 Å². The zero-order valence-electron chi connectivity index (χ0n) is 11.8. The first-order chi connectivity index (χ1) is 10.1. The van der Waals surface area contributed by atoms with Gasteiger partial charge in [0.15, 0.2) is 17.5 Å². The van der Waals surface area contributed by atoms with Crippen LogP contribution >= 0.6 is 0 Å². The first-order valence-electron chi connectivity index (χ1n) is 6.99. The van der Waals surface area contributed by atoms with E-state index in [-0.39, 0.29) is 11.6 Å². The van der Waals surface area contributed by atoms with Crippen molar-refractivity contribution >= 4 is 11.6 Å². The second-order valence-corrected chi connectivity index (χ2v) is 5.79. The molecule has 2 aromatic rings. The number of rotatable bonds is 1. The zero-order valence-corrected chi connectivity index (χ0v) is 11.8. The van der Waals surface area contributed by atoms with Gasteiger partial charge in [0, 0.05) is 11.1 Å². The molecule has 0 N–H and O–H groups in total. The molecule has 1 heterocycles. The molecule has 1 fully saturated rings. The summed E-state index contributed by atoms with van der Waals surface area (Å²) in [7, 11) is 0. The van der Waals surface area contributed by atoms with Crippen molar-refractivity contribution in [3.8, 4) is 0 Å². The van der Waals surface area contributed by atoms with Crippen molar-refractivity contribution in [1.82, 2.24) is 0 Å². The van der Waals surface area contributed by atoms with Crippen LogP contribution in [0, 0.1) is 13.8 Å². The Kier molecular flexibility index (Phi) is 2.31. The summed E-state index contributed by atoms with van der Waals surface area (Å²) in [5.74, 6) is -0.195. The van der Waals surface area contributed by atoms with E-state index < -0.39 is 11.7 Å². The number of epoxide rings is 1. The molecule has 1 aliphatic carbocycles. The lowest BCUT2D eigenvalue weighted by Gasteiger charge is -2.20. The second kappa shape index (κ2) is 3.89. The third-order valence-electron chi connectivity index (χ3n) is 4.41. The Morgan fingerprint density at radius 2 is 1.71 bits per heavy atom. The maximum absolute atomic E-state index is 12.9. The van der Waals surface area contributed by atoms with E-state index in [2.05, 4.69) is 0 Å². The third kappa shape index (κ3) is 1.47. The van der Waals surface area contributed by atoms with Crippen molar-refractivity contribution in [1.29, 1.82) is 0 Å². The molecular formula is C18H14O3. The number of carbonyl (C=O) groups excluding carboxylic acids is 2. The van der Waals surface area contributed by atoms with Crippen LogP contribution in [0.2, 0.25) is 0 Å². The molecule has 104 valence electrons. The number of ether oxygens (including phenoxy) is 1. The standard InChI is InChI=1S/C18H14O3/c1-10-7-8-14(11(2)9-10)18-16(20)13-6-4-3-5-12(13)15(19)17(18)21-18/h3-9,17H,1-2H3. The van der Waals surface area contributed by atoms with Gasteiger partial charge in [-0.1, -0.05) is 48.0 Å². The van der Waals surface area contributed by atoms with Crippen LogP contribution in [0.4, 0.5) is 0 Å². The van der Waals surface area contributed by atoms with Gasteiger partial charge in [-0.3, -0.25) is 9.59 Å². The third-order valence-corrected chi connectivity index (χ3v) is 4.41. The Morgan fingerprint density at radius 3 is 2.43 bits per heavy atom. The summed E-state index contributed by atoms with van der Waals surface area (Å²) in [5, 5.41) is 0. The van der Waals surface area contributed by atoms with E-state index in [1.54, 1.807) is 24.3 Å². The molecule has 2 unspecified atom stereocenters. The maximum Gasteiger partial charge on any atom is 0.203 e. The van der Waals surface area contributed by atoms with Crippen molar-refractivity contribution in [3.63, 3.8) is 0 Å². The summed E-state index contributed by atoms with van der Waals surface area (Å²) >= 11 is 0. The van der Waals surface area contributed by atoms with Gasteiger partial charge in [0.05, 0.1) is 0 Å².